The second-order valence-electron chi connectivity index (χ2n) is 3.31. The van der Waals surface area contributed by atoms with Crippen LogP contribution in [-0.2, 0) is 4.79 Å². The van der Waals surface area contributed by atoms with Crippen molar-refractivity contribution in [3.05, 3.63) is 28.0 Å². The zero-order valence-corrected chi connectivity index (χ0v) is 9.93. The van der Waals surface area contributed by atoms with Gasteiger partial charge in [-0.2, -0.15) is 0 Å². The molecule has 5 heteroatoms. The van der Waals surface area contributed by atoms with Gasteiger partial charge in [-0.1, -0.05) is 23.2 Å². The predicted octanol–water partition coefficient (Wildman–Crippen LogP) is 2.17. The van der Waals surface area contributed by atoms with Crippen molar-refractivity contribution in [2.75, 3.05) is 20.6 Å². The Morgan fingerprint density at radius 1 is 1.53 bits per heavy atom. The highest BCUT2D eigenvalue weighted by Crippen LogP contribution is 2.24. The minimum absolute atomic E-state index is 0.306. The summed E-state index contributed by atoms with van der Waals surface area (Å²) in [5.41, 5.74) is 1.05. The van der Waals surface area contributed by atoms with Gasteiger partial charge in [0.2, 0.25) is 0 Å². The monoisotopic (exact) mass is 244 g/mol. The zero-order chi connectivity index (χ0) is 11.4. The molecule has 0 amide bonds. The van der Waals surface area contributed by atoms with E-state index in [0.717, 1.165) is 0 Å². The average molecular weight is 245 g/mol. The Labute approximate surface area is 98.3 Å². The Balaban J connectivity index is 3.13. The van der Waals surface area contributed by atoms with Gasteiger partial charge < -0.3 is 4.90 Å². The molecule has 0 radical (unpaired) electrons. The number of hydrogen-bond acceptors (Lipinski definition) is 3. The van der Waals surface area contributed by atoms with Crippen LogP contribution in [0, 0.1) is 0 Å². The molecule has 0 saturated heterocycles. The lowest BCUT2D eigenvalue weighted by molar-refractivity contribution is 0.462. The summed E-state index contributed by atoms with van der Waals surface area (Å²) in [5.74, 6) is 1.87. The summed E-state index contributed by atoms with van der Waals surface area (Å²) in [7, 11) is 3.71. The first-order chi connectivity index (χ1) is 7.04. The van der Waals surface area contributed by atoms with Gasteiger partial charge in [0.05, 0.1) is 10.6 Å². The van der Waals surface area contributed by atoms with Crippen LogP contribution in [0.1, 0.15) is 5.56 Å². The van der Waals surface area contributed by atoms with Crippen molar-refractivity contribution in [2.45, 2.75) is 0 Å². The first-order valence-electron chi connectivity index (χ1n) is 4.24. The Morgan fingerprint density at radius 3 is 2.73 bits per heavy atom. The van der Waals surface area contributed by atoms with E-state index in [4.69, 9.17) is 23.2 Å². The van der Waals surface area contributed by atoms with Gasteiger partial charge in [0.1, 0.15) is 11.1 Å². The van der Waals surface area contributed by atoms with Crippen molar-refractivity contribution >= 4 is 34.7 Å². The highest BCUT2D eigenvalue weighted by atomic mass is 35.5. The maximum Gasteiger partial charge on any atom is 0.129 e. The molecule has 0 saturated carbocycles. The highest BCUT2D eigenvalue weighted by Gasteiger charge is 2.10. The third kappa shape index (κ3) is 3.33. The first kappa shape index (κ1) is 12.2. The van der Waals surface area contributed by atoms with Crippen molar-refractivity contribution in [1.82, 2.24) is 9.88 Å². The van der Waals surface area contributed by atoms with Crippen LogP contribution in [0.2, 0.25) is 10.2 Å². The summed E-state index contributed by atoms with van der Waals surface area (Å²) >= 11 is 11.6. The maximum absolute atomic E-state index is 10.8. The molecule has 3 nitrogen and oxygen atoms in total. The number of carbonyl (C=O) groups excluding carboxylic acids is 1. The molecular formula is C10H10Cl2N2O. The first-order valence-corrected chi connectivity index (χ1v) is 5.00. The fourth-order valence-electron chi connectivity index (χ4n) is 1.13. The summed E-state index contributed by atoms with van der Waals surface area (Å²) in [6, 6.07) is 1.56. The van der Waals surface area contributed by atoms with E-state index in [1.165, 1.54) is 6.20 Å². The van der Waals surface area contributed by atoms with Gasteiger partial charge in [-0.3, -0.25) is 0 Å². The molecule has 80 valence electrons. The number of likely N-dealkylation sites (N-methyl/N-ethyl adjacent to an activating group) is 1. The van der Waals surface area contributed by atoms with Crippen molar-refractivity contribution in [3.8, 4) is 0 Å². The lowest BCUT2D eigenvalue weighted by Gasteiger charge is -2.11. The van der Waals surface area contributed by atoms with E-state index in [1.807, 2.05) is 24.9 Å². The molecule has 0 N–H and O–H groups in total. The Kier molecular flexibility index (Phi) is 4.30. The van der Waals surface area contributed by atoms with Gasteiger partial charge in [0.25, 0.3) is 0 Å². The molecule has 15 heavy (non-hydrogen) atoms. The van der Waals surface area contributed by atoms with Crippen LogP contribution in [-0.4, -0.2) is 36.5 Å². The number of nitrogens with zero attached hydrogens (tertiary/aromatic N) is 2. The molecule has 0 fully saturated rings. The van der Waals surface area contributed by atoms with Crippen LogP contribution in [0.25, 0.3) is 5.57 Å². The molecule has 1 aromatic heterocycles. The van der Waals surface area contributed by atoms with Crippen LogP contribution >= 0.6 is 23.2 Å². The van der Waals surface area contributed by atoms with Gasteiger partial charge in [-0.15, -0.1) is 0 Å². The lowest BCUT2D eigenvalue weighted by atomic mass is 10.1. The zero-order valence-electron chi connectivity index (χ0n) is 8.42. The molecule has 0 aliphatic carbocycles. The molecule has 0 atom stereocenters. The van der Waals surface area contributed by atoms with Crippen molar-refractivity contribution in [1.29, 1.82) is 0 Å². The quantitative estimate of drug-likeness (QED) is 0.604. The number of halogens is 2. The third-order valence-corrected chi connectivity index (χ3v) is 2.25. The largest absolute Gasteiger partial charge is 0.304 e. The van der Waals surface area contributed by atoms with Crippen LogP contribution in [0.15, 0.2) is 12.3 Å². The third-order valence-electron chi connectivity index (χ3n) is 1.74. The van der Waals surface area contributed by atoms with Gasteiger partial charge in [-0.05, 0) is 20.2 Å². The lowest BCUT2D eigenvalue weighted by Crippen LogP contribution is -2.15. The van der Waals surface area contributed by atoms with Gasteiger partial charge in [0.15, 0.2) is 0 Å². The van der Waals surface area contributed by atoms with Crippen molar-refractivity contribution in [2.24, 2.45) is 0 Å². The van der Waals surface area contributed by atoms with Crippen LogP contribution in [0.5, 0.6) is 0 Å². The minimum atomic E-state index is 0.306. The number of rotatable bonds is 3. The van der Waals surface area contributed by atoms with Crippen molar-refractivity contribution in [3.63, 3.8) is 0 Å². The van der Waals surface area contributed by atoms with E-state index in [1.54, 1.807) is 6.07 Å². The second kappa shape index (κ2) is 5.29. The summed E-state index contributed by atoms with van der Waals surface area (Å²) in [5, 5.41) is 0.709. The highest BCUT2D eigenvalue weighted by molar-refractivity contribution is 6.34. The summed E-state index contributed by atoms with van der Waals surface area (Å²) in [6.45, 7) is 0.462. The van der Waals surface area contributed by atoms with E-state index in [-0.39, 0.29) is 0 Å². The molecule has 1 heterocycles. The van der Waals surface area contributed by atoms with Gasteiger partial charge in [0, 0.05) is 18.3 Å². The summed E-state index contributed by atoms with van der Waals surface area (Å²) in [4.78, 5) is 16.5. The predicted molar refractivity (Wildman–Crippen MR) is 61.9 cm³/mol. The fraction of sp³-hybridized carbons (Fsp3) is 0.300. The van der Waals surface area contributed by atoms with E-state index in [9.17, 15) is 4.79 Å². The topological polar surface area (TPSA) is 33.2 Å². The Morgan fingerprint density at radius 2 is 2.20 bits per heavy atom. The molecule has 0 unspecified atom stereocenters. The normalized spacial score (nSPS) is 10.2. The minimum Gasteiger partial charge on any atom is -0.304 e. The van der Waals surface area contributed by atoms with E-state index >= 15 is 0 Å². The molecule has 0 aliphatic rings. The van der Waals surface area contributed by atoms with Crippen LogP contribution in [0.4, 0.5) is 0 Å². The van der Waals surface area contributed by atoms with Crippen LogP contribution in [0.3, 0.4) is 0 Å². The summed E-state index contributed by atoms with van der Waals surface area (Å²) in [6.07, 6.45) is 1.42. The van der Waals surface area contributed by atoms with Crippen LogP contribution < -0.4 is 0 Å². The standard InChI is InChI=1S/C10H10Cl2N2O/c1-14(2)5-7(6-15)8-3-10(12)13-4-9(8)11/h3-4H,5H2,1-2H3. The Bertz CT molecular complexity index is 412. The smallest absolute Gasteiger partial charge is 0.129 e. The van der Waals surface area contributed by atoms with E-state index in [2.05, 4.69) is 4.98 Å². The number of hydrogen-bond donors (Lipinski definition) is 0. The molecular weight excluding hydrogens is 235 g/mol. The number of aromatic nitrogens is 1. The molecule has 1 aromatic rings. The summed E-state index contributed by atoms with van der Waals surface area (Å²) < 4.78 is 0. The molecule has 0 aromatic carbocycles. The molecule has 1 rings (SSSR count). The molecule has 0 aliphatic heterocycles. The van der Waals surface area contributed by atoms with E-state index in [0.29, 0.717) is 27.9 Å². The SMILES string of the molecule is CN(C)CC(=C=O)c1cc(Cl)ncc1Cl. The number of pyridine rings is 1. The second-order valence-corrected chi connectivity index (χ2v) is 4.10. The molecule has 0 spiro atoms. The van der Waals surface area contributed by atoms with Gasteiger partial charge in [-0.25, -0.2) is 9.78 Å². The fourth-order valence-corrected chi connectivity index (χ4v) is 1.51. The maximum atomic E-state index is 10.8. The Hall–Kier alpha value is -0.860. The molecule has 0 bridgehead atoms. The average Bonchev–Trinajstić information content (AvgIpc) is 2.18. The van der Waals surface area contributed by atoms with Gasteiger partial charge >= 0.3 is 0 Å². The van der Waals surface area contributed by atoms with Crippen molar-refractivity contribution < 1.29 is 4.79 Å². The van der Waals surface area contributed by atoms with E-state index < -0.39 is 0 Å².